The van der Waals surface area contributed by atoms with Gasteiger partial charge in [-0.15, -0.1) is 0 Å². The lowest BCUT2D eigenvalue weighted by Crippen LogP contribution is -2.48. The molecule has 1 atom stereocenters. The summed E-state index contributed by atoms with van der Waals surface area (Å²) in [7, 11) is 1.76. The molecule has 0 bridgehead atoms. The third-order valence-corrected chi connectivity index (χ3v) is 3.84. The molecule has 1 aliphatic heterocycles. The van der Waals surface area contributed by atoms with Crippen molar-refractivity contribution in [1.82, 2.24) is 15.1 Å². The number of hydrogen-bond donors (Lipinski definition) is 1. The largest absolute Gasteiger partial charge is 0.344 e. The van der Waals surface area contributed by atoms with E-state index in [1.807, 2.05) is 12.1 Å². The van der Waals surface area contributed by atoms with E-state index in [0.29, 0.717) is 12.1 Å². The highest BCUT2D eigenvalue weighted by molar-refractivity contribution is 5.72. The molecule has 1 aromatic carbocycles. The summed E-state index contributed by atoms with van der Waals surface area (Å²) in [5.41, 5.74) is 0.669. The number of hydrogen-bond acceptors (Lipinski definition) is 3. The Kier molecular flexibility index (Phi) is 5.09. The van der Waals surface area contributed by atoms with E-state index in [1.54, 1.807) is 18.0 Å². The van der Waals surface area contributed by atoms with Crippen LogP contribution in [0.2, 0.25) is 0 Å². The molecule has 0 saturated carbocycles. The molecule has 1 saturated heterocycles. The van der Waals surface area contributed by atoms with Crippen molar-refractivity contribution < 1.29 is 9.18 Å². The van der Waals surface area contributed by atoms with Crippen LogP contribution in [-0.4, -0.2) is 55.5 Å². The van der Waals surface area contributed by atoms with E-state index in [-0.39, 0.29) is 17.8 Å². The Balaban J connectivity index is 2.23. The molecule has 110 valence electrons. The third-order valence-electron chi connectivity index (χ3n) is 3.84. The van der Waals surface area contributed by atoms with Crippen LogP contribution in [0.4, 0.5) is 4.39 Å². The van der Waals surface area contributed by atoms with Crippen molar-refractivity contribution in [3.63, 3.8) is 0 Å². The first kappa shape index (κ1) is 14.9. The number of piperazine rings is 1. The van der Waals surface area contributed by atoms with Crippen LogP contribution in [0.5, 0.6) is 0 Å². The number of nitrogens with zero attached hydrogens (tertiary/aromatic N) is 2. The fourth-order valence-electron chi connectivity index (χ4n) is 2.54. The van der Waals surface area contributed by atoms with Gasteiger partial charge in [0.1, 0.15) is 5.82 Å². The Morgan fingerprint density at radius 3 is 2.65 bits per heavy atom. The van der Waals surface area contributed by atoms with Gasteiger partial charge < -0.3 is 10.2 Å². The number of amides is 1. The molecular weight excluding hydrogens is 257 g/mol. The van der Waals surface area contributed by atoms with Gasteiger partial charge in [-0.25, -0.2) is 4.39 Å². The summed E-state index contributed by atoms with van der Waals surface area (Å²) < 4.78 is 14.1. The highest BCUT2D eigenvalue weighted by Gasteiger charge is 2.26. The normalized spacial score (nSPS) is 17.8. The van der Waals surface area contributed by atoms with E-state index >= 15 is 0 Å². The van der Waals surface area contributed by atoms with Crippen molar-refractivity contribution in [3.05, 3.63) is 35.6 Å². The number of likely N-dealkylation sites (N-methyl/N-ethyl adjacent to an activating group) is 1. The molecule has 1 amide bonds. The molecule has 0 spiro atoms. The summed E-state index contributed by atoms with van der Waals surface area (Å²) in [6.07, 6.45) is 0. The maximum Gasteiger partial charge on any atom is 0.219 e. The van der Waals surface area contributed by atoms with E-state index in [1.165, 1.54) is 13.0 Å². The van der Waals surface area contributed by atoms with Crippen molar-refractivity contribution in [1.29, 1.82) is 0 Å². The van der Waals surface area contributed by atoms with Crippen LogP contribution in [0.15, 0.2) is 24.3 Å². The SMILES string of the molecule is CC(=O)N(C)CC(c1ccccc1F)N1CCNCC1. The van der Waals surface area contributed by atoms with Gasteiger partial charge in [-0.2, -0.15) is 0 Å². The van der Waals surface area contributed by atoms with Crippen LogP contribution in [-0.2, 0) is 4.79 Å². The van der Waals surface area contributed by atoms with Gasteiger partial charge in [-0.3, -0.25) is 9.69 Å². The summed E-state index contributed by atoms with van der Waals surface area (Å²) in [6.45, 7) is 5.57. The number of carbonyl (C=O) groups is 1. The van der Waals surface area contributed by atoms with Crippen LogP contribution in [0, 0.1) is 5.82 Å². The standard InChI is InChI=1S/C15H22FN3O/c1-12(20)18(2)11-15(19-9-7-17-8-10-19)13-5-3-4-6-14(13)16/h3-6,15,17H,7-11H2,1-2H3. The van der Waals surface area contributed by atoms with Gasteiger partial charge in [0.15, 0.2) is 0 Å². The summed E-state index contributed by atoms with van der Waals surface area (Å²) in [4.78, 5) is 15.4. The average Bonchev–Trinajstić information content (AvgIpc) is 2.46. The molecule has 0 aliphatic carbocycles. The first-order chi connectivity index (χ1) is 9.59. The molecule has 1 unspecified atom stereocenters. The minimum atomic E-state index is -0.201. The minimum Gasteiger partial charge on any atom is -0.344 e. The monoisotopic (exact) mass is 279 g/mol. The Hall–Kier alpha value is -1.46. The number of halogens is 1. The van der Waals surface area contributed by atoms with Crippen LogP contribution in [0.25, 0.3) is 0 Å². The van der Waals surface area contributed by atoms with Gasteiger partial charge in [-0.1, -0.05) is 18.2 Å². The topological polar surface area (TPSA) is 35.6 Å². The molecular formula is C15H22FN3O. The van der Waals surface area contributed by atoms with Gasteiger partial charge >= 0.3 is 0 Å². The molecule has 5 heteroatoms. The van der Waals surface area contributed by atoms with Crippen molar-refractivity contribution in [3.8, 4) is 0 Å². The number of benzene rings is 1. The van der Waals surface area contributed by atoms with E-state index in [9.17, 15) is 9.18 Å². The van der Waals surface area contributed by atoms with Gasteiger partial charge in [0, 0.05) is 52.3 Å². The summed E-state index contributed by atoms with van der Waals surface area (Å²) in [5.74, 6) is -0.200. The van der Waals surface area contributed by atoms with Crippen molar-refractivity contribution in [2.24, 2.45) is 0 Å². The maximum atomic E-state index is 14.1. The van der Waals surface area contributed by atoms with E-state index < -0.39 is 0 Å². The number of nitrogens with one attached hydrogen (secondary N) is 1. The Bertz CT molecular complexity index is 460. The highest BCUT2D eigenvalue weighted by Crippen LogP contribution is 2.24. The van der Waals surface area contributed by atoms with Crippen LogP contribution < -0.4 is 5.32 Å². The van der Waals surface area contributed by atoms with Crippen LogP contribution >= 0.6 is 0 Å². The lowest BCUT2D eigenvalue weighted by atomic mass is 10.0. The van der Waals surface area contributed by atoms with Gasteiger partial charge in [0.05, 0.1) is 6.04 Å². The molecule has 1 aliphatic rings. The predicted molar refractivity (Wildman–Crippen MR) is 76.9 cm³/mol. The Morgan fingerprint density at radius 2 is 2.05 bits per heavy atom. The number of rotatable bonds is 4. The minimum absolute atomic E-state index is 0.00136. The third kappa shape index (κ3) is 3.55. The van der Waals surface area contributed by atoms with Crippen molar-refractivity contribution >= 4 is 5.91 Å². The zero-order valence-corrected chi connectivity index (χ0v) is 12.1. The van der Waals surface area contributed by atoms with E-state index in [4.69, 9.17) is 0 Å². The zero-order chi connectivity index (χ0) is 14.5. The molecule has 1 heterocycles. The maximum absolute atomic E-state index is 14.1. The van der Waals surface area contributed by atoms with Crippen molar-refractivity contribution in [2.75, 3.05) is 39.8 Å². The molecule has 0 radical (unpaired) electrons. The Morgan fingerprint density at radius 1 is 1.40 bits per heavy atom. The summed E-state index contributed by atoms with van der Waals surface area (Å²) >= 11 is 0. The molecule has 20 heavy (non-hydrogen) atoms. The van der Waals surface area contributed by atoms with E-state index in [0.717, 1.165) is 26.2 Å². The average molecular weight is 279 g/mol. The lowest BCUT2D eigenvalue weighted by molar-refractivity contribution is -0.128. The second-order valence-electron chi connectivity index (χ2n) is 5.22. The lowest BCUT2D eigenvalue weighted by Gasteiger charge is -2.37. The first-order valence-corrected chi connectivity index (χ1v) is 7.00. The highest BCUT2D eigenvalue weighted by atomic mass is 19.1. The smallest absolute Gasteiger partial charge is 0.219 e. The fraction of sp³-hybridized carbons (Fsp3) is 0.533. The quantitative estimate of drug-likeness (QED) is 0.901. The summed E-state index contributed by atoms with van der Waals surface area (Å²) in [5, 5.41) is 3.30. The van der Waals surface area contributed by atoms with E-state index in [2.05, 4.69) is 10.2 Å². The number of carbonyl (C=O) groups excluding carboxylic acids is 1. The molecule has 4 nitrogen and oxygen atoms in total. The fourth-order valence-corrected chi connectivity index (χ4v) is 2.54. The van der Waals surface area contributed by atoms with Gasteiger partial charge in [0.2, 0.25) is 5.91 Å². The Labute approximate surface area is 119 Å². The van der Waals surface area contributed by atoms with Gasteiger partial charge in [-0.05, 0) is 6.07 Å². The molecule has 1 aromatic rings. The molecule has 1 N–H and O–H groups in total. The molecule has 0 aromatic heterocycles. The zero-order valence-electron chi connectivity index (χ0n) is 12.1. The summed E-state index contributed by atoms with van der Waals surface area (Å²) in [6, 6.07) is 6.75. The van der Waals surface area contributed by atoms with Crippen LogP contribution in [0.1, 0.15) is 18.5 Å². The molecule has 1 fully saturated rings. The van der Waals surface area contributed by atoms with Gasteiger partial charge in [0.25, 0.3) is 0 Å². The second-order valence-corrected chi connectivity index (χ2v) is 5.22. The van der Waals surface area contributed by atoms with Crippen molar-refractivity contribution in [2.45, 2.75) is 13.0 Å². The first-order valence-electron chi connectivity index (χ1n) is 7.00. The predicted octanol–water partition coefficient (Wildman–Crippen LogP) is 1.25. The van der Waals surface area contributed by atoms with Crippen LogP contribution in [0.3, 0.4) is 0 Å². The second kappa shape index (κ2) is 6.81. The molecule has 2 rings (SSSR count).